The van der Waals surface area contributed by atoms with Crippen molar-refractivity contribution in [1.29, 1.82) is 0 Å². The number of aromatic amines is 1. The first-order chi connectivity index (χ1) is 21.5. The zero-order valence-electron chi connectivity index (χ0n) is 25.5. The molecule has 2 aliphatic heterocycles. The van der Waals surface area contributed by atoms with E-state index in [1.54, 1.807) is 24.8 Å². The Labute approximate surface area is 258 Å². The van der Waals surface area contributed by atoms with Gasteiger partial charge in [-0.3, -0.25) is 19.2 Å². The summed E-state index contributed by atoms with van der Waals surface area (Å²) in [6.07, 6.45) is 6.17. The van der Waals surface area contributed by atoms with Gasteiger partial charge in [0.2, 0.25) is 0 Å². The van der Waals surface area contributed by atoms with Crippen LogP contribution in [0.3, 0.4) is 0 Å². The van der Waals surface area contributed by atoms with E-state index in [9.17, 15) is 9.59 Å². The molecule has 8 nitrogen and oxygen atoms in total. The lowest BCUT2D eigenvalue weighted by atomic mass is 9.80. The summed E-state index contributed by atoms with van der Waals surface area (Å²) >= 11 is 0. The molecule has 44 heavy (non-hydrogen) atoms. The largest absolute Gasteiger partial charge is 0.497 e. The molecule has 3 heterocycles. The van der Waals surface area contributed by atoms with Gasteiger partial charge in [0.1, 0.15) is 11.4 Å². The van der Waals surface area contributed by atoms with Crippen LogP contribution in [0, 0.1) is 6.92 Å². The van der Waals surface area contributed by atoms with E-state index < -0.39 is 17.5 Å². The van der Waals surface area contributed by atoms with Crippen LogP contribution in [-0.2, 0) is 15.1 Å². The van der Waals surface area contributed by atoms with Gasteiger partial charge in [-0.2, -0.15) is 0 Å². The summed E-state index contributed by atoms with van der Waals surface area (Å²) < 4.78 is 20.9. The fourth-order valence-corrected chi connectivity index (χ4v) is 6.76. The van der Waals surface area contributed by atoms with Crippen LogP contribution in [0.15, 0.2) is 101 Å². The van der Waals surface area contributed by atoms with Crippen molar-refractivity contribution in [2.24, 2.45) is 0 Å². The predicted molar refractivity (Wildman–Crippen MR) is 170 cm³/mol. The highest BCUT2D eigenvalue weighted by atomic mass is 16.6. The highest BCUT2D eigenvalue weighted by Gasteiger charge is 2.44. The molecule has 4 aromatic rings. The normalized spacial score (nSPS) is 21.2. The smallest absolute Gasteiger partial charge is 0.330 e. The minimum Gasteiger partial charge on any atom is -0.497 e. The molecule has 1 N–H and O–H groups in total. The molecule has 2 aliphatic rings. The second-order valence-electron chi connectivity index (χ2n) is 11.8. The molecule has 1 aromatic heterocycles. The van der Waals surface area contributed by atoms with Crippen LogP contribution in [0.5, 0.6) is 5.75 Å². The first-order valence-electron chi connectivity index (χ1n) is 15.6. The Morgan fingerprint density at radius 2 is 1.43 bits per heavy atom. The maximum absolute atomic E-state index is 13.1. The van der Waals surface area contributed by atoms with Crippen LogP contribution in [0.25, 0.3) is 0 Å². The van der Waals surface area contributed by atoms with E-state index in [1.165, 1.54) is 12.8 Å². The van der Waals surface area contributed by atoms with Crippen molar-refractivity contribution in [3.63, 3.8) is 0 Å². The van der Waals surface area contributed by atoms with Gasteiger partial charge in [0.05, 0.1) is 25.9 Å². The number of hydrogen-bond donors (Lipinski definition) is 1. The Morgan fingerprint density at radius 1 is 0.841 bits per heavy atom. The first kappa shape index (κ1) is 30.1. The molecular formula is C36H41N3O5. The van der Waals surface area contributed by atoms with Gasteiger partial charge < -0.3 is 14.2 Å². The summed E-state index contributed by atoms with van der Waals surface area (Å²) in [7, 11) is 1.66. The standard InChI is InChI=1S/C36H41N3O5/c1-26-24-39(35(41)37-33(26)40)34-32(38-21-11-3-4-12-22-38)23-31(44-34)25-43-36(27-13-7-5-8-14-27,28-15-9-6-10-16-28)29-17-19-30(42-2)20-18-29/h5-10,13-20,24,31-32,34H,3-4,11-12,21-23,25H2,1-2H3,(H,37,40,41)/t31-,32+,34+/m0/s1. The lowest BCUT2D eigenvalue weighted by Crippen LogP contribution is -2.44. The fourth-order valence-electron chi connectivity index (χ4n) is 6.76. The molecule has 0 saturated carbocycles. The van der Waals surface area contributed by atoms with Gasteiger partial charge in [-0.1, -0.05) is 85.6 Å². The molecular weight excluding hydrogens is 554 g/mol. The van der Waals surface area contributed by atoms with E-state index in [-0.39, 0.29) is 17.7 Å². The van der Waals surface area contributed by atoms with Gasteiger partial charge in [0.25, 0.3) is 5.56 Å². The third-order valence-corrected chi connectivity index (χ3v) is 9.04. The third kappa shape index (κ3) is 6.02. The molecule has 0 spiro atoms. The predicted octanol–water partition coefficient (Wildman–Crippen LogP) is 5.39. The lowest BCUT2D eigenvalue weighted by Gasteiger charge is -2.36. The Kier molecular flexibility index (Phi) is 9.12. The second-order valence-corrected chi connectivity index (χ2v) is 11.8. The van der Waals surface area contributed by atoms with Crippen molar-refractivity contribution in [1.82, 2.24) is 14.5 Å². The van der Waals surface area contributed by atoms with E-state index in [0.29, 0.717) is 18.6 Å². The molecule has 2 saturated heterocycles. The van der Waals surface area contributed by atoms with Gasteiger partial charge in [-0.25, -0.2) is 4.79 Å². The van der Waals surface area contributed by atoms with Crippen LogP contribution in [0.2, 0.25) is 0 Å². The average Bonchev–Trinajstić information content (AvgIpc) is 3.29. The molecule has 0 radical (unpaired) electrons. The van der Waals surface area contributed by atoms with Crippen LogP contribution in [0.1, 0.15) is 60.6 Å². The van der Waals surface area contributed by atoms with E-state index in [1.807, 2.05) is 48.5 Å². The molecule has 0 aliphatic carbocycles. The Balaban J connectivity index is 1.38. The quantitative estimate of drug-likeness (QED) is 0.261. The highest BCUT2D eigenvalue weighted by Crippen LogP contribution is 2.42. The summed E-state index contributed by atoms with van der Waals surface area (Å²) in [5.74, 6) is 0.771. The highest BCUT2D eigenvalue weighted by molar-refractivity contribution is 5.48. The summed E-state index contributed by atoms with van der Waals surface area (Å²) in [6, 6.07) is 28.5. The summed E-state index contributed by atoms with van der Waals surface area (Å²) in [4.78, 5) is 30.2. The summed E-state index contributed by atoms with van der Waals surface area (Å²) in [5.41, 5.74) is 1.72. The number of aromatic nitrogens is 2. The van der Waals surface area contributed by atoms with Gasteiger partial charge in [0.15, 0.2) is 6.23 Å². The zero-order chi connectivity index (χ0) is 30.5. The second kappa shape index (κ2) is 13.3. The van der Waals surface area contributed by atoms with Crippen molar-refractivity contribution in [2.45, 2.75) is 63.0 Å². The van der Waals surface area contributed by atoms with E-state index >= 15 is 0 Å². The molecule has 8 heteroatoms. The maximum Gasteiger partial charge on any atom is 0.330 e. The van der Waals surface area contributed by atoms with Crippen molar-refractivity contribution >= 4 is 0 Å². The number of H-pyrrole nitrogens is 1. The number of ether oxygens (including phenoxy) is 3. The summed E-state index contributed by atoms with van der Waals surface area (Å²) in [5, 5.41) is 0. The molecule has 230 valence electrons. The number of hydrogen-bond acceptors (Lipinski definition) is 6. The van der Waals surface area contributed by atoms with Crippen LogP contribution in [-0.4, -0.2) is 53.4 Å². The molecule has 3 aromatic carbocycles. The van der Waals surface area contributed by atoms with Crippen molar-refractivity contribution in [2.75, 3.05) is 26.8 Å². The van der Waals surface area contributed by atoms with Gasteiger partial charge in [-0.05, 0) is 68.1 Å². The van der Waals surface area contributed by atoms with Crippen molar-refractivity contribution in [3.8, 4) is 5.75 Å². The maximum atomic E-state index is 13.1. The number of rotatable bonds is 9. The SMILES string of the molecule is COc1ccc(C(OC[C@@H]2C[C@@H](N3CCCCCC3)[C@H](n3cc(C)c(=O)[nH]c3=O)O2)(c2ccccc2)c2ccccc2)cc1. The van der Waals surface area contributed by atoms with Crippen molar-refractivity contribution in [3.05, 3.63) is 134 Å². The Hall–Kier alpha value is -3.98. The van der Waals surface area contributed by atoms with Crippen LogP contribution in [0.4, 0.5) is 0 Å². The number of nitrogens with one attached hydrogen (secondary N) is 1. The molecule has 0 unspecified atom stereocenters. The van der Waals surface area contributed by atoms with Crippen LogP contribution < -0.4 is 16.0 Å². The minimum atomic E-state index is -0.917. The third-order valence-electron chi connectivity index (χ3n) is 9.04. The van der Waals surface area contributed by atoms with Crippen molar-refractivity contribution < 1.29 is 14.2 Å². The molecule has 6 rings (SSSR count). The topological polar surface area (TPSA) is 85.8 Å². The lowest BCUT2D eigenvalue weighted by molar-refractivity contribution is -0.0837. The summed E-state index contributed by atoms with van der Waals surface area (Å²) in [6.45, 7) is 3.93. The minimum absolute atomic E-state index is 0.0199. The molecule has 3 atom stereocenters. The van der Waals surface area contributed by atoms with Gasteiger partial charge in [0, 0.05) is 11.8 Å². The van der Waals surface area contributed by atoms with Gasteiger partial charge >= 0.3 is 5.69 Å². The van der Waals surface area contributed by atoms with Gasteiger partial charge in [-0.15, -0.1) is 0 Å². The molecule has 2 fully saturated rings. The number of methoxy groups -OCH3 is 1. The van der Waals surface area contributed by atoms with E-state index in [2.05, 4.69) is 46.3 Å². The number of benzene rings is 3. The first-order valence-corrected chi connectivity index (χ1v) is 15.6. The van der Waals surface area contributed by atoms with E-state index in [4.69, 9.17) is 14.2 Å². The number of nitrogens with zero attached hydrogens (tertiary/aromatic N) is 2. The fraction of sp³-hybridized carbons (Fsp3) is 0.389. The zero-order valence-corrected chi connectivity index (χ0v) is 25.5. The Bertz CT molecular complexity index is 1590. The Morgan fingerprint density at radius 3 is 2.02 bits per heavy atom. The number of likely N-dealkylation sites (tertiary alicyclic amines) is 1. The monoisotopic (exact) mass is 595 g/mol. The average molecular weight is 596 g/mol. The van der Waals surface area contributed by atoms with E-state index in [0.717, 1.165) is 48.4 Å². The molecule has 0 amide bonds. The van der Waals surface area contributed by atoms with Crippen LogP contribution >= 0.6 is 0 Å². The number of aryl methyl sites for hydroxylation is 1. The molecule has 0 bridgehead atoms.